The van der Waals surface area contributed by atoms with E-state index in [2.05, 4.69) is 5.32 Å². The predicted octanol–water partition coefficient (Wildman–Crippen LogP) is 2.74. The van der Waals surface area contributed by atoms with Gasteiger partial charge < -0.3 is 53.8 Å². The summed E-state index contributed by atoms with van der Waals surface area (Å²) >= 11 is 0. The third-order valence-corrected chi connectivity index (χ3v) is 13.6. The Morgan fingerprint density at radius 1 is 1.07 bits per heavy atom. The van der Waals surface area contributed by atoms with Crippen molar-refractivity contribution in [1.29, 1.82) is 0 Å². The summed E-state index contributed by atoms with van der Waals surface area (Å²) in [6, 6.07) is 6.50. The predicted molar refractivity (Wildman–Crippen MR) is 208 cm³/mol. The number of amides is 1. The van der Waals surface area contributed by atoms with Crippen molar-refractivity contribution < 1.29 is 72.0 Å². The summed E-state index contributed by atoms with van der Waals surface area (Å²) in [7, 11) is 0. The normalized spacial score (nSPS) is 37.0. The molecule has 12 atom stereocenters. The maximum atomic E-state index is 14.4. The molecule has 3 saturated heterocycles. The first kappa shape index (κ1) is 44.3. The third kappa shape index (κ3) is 7.61. The standard InChI is InChI=1S/C43H59FN2O14/c1-22-27(55-37(51)31(49)26(17-44)45-38(52)60-39(3,4)5)16-43(53)35(58-36(50)24-12-10-9-11-13-24)33-41(8,15-14-28-42(33,21-54-28)59-23(2)47)34-32(30(22)40(43,6)7)56-29(57-34)20-46-18-25(48)19-46/h9-13,25-29,31-35,48-49,53H,14-21H2,1-8H3,(H,45,52)/t26-,27-,28+,29+,31+,32+,33-,34+,35-,41+,42-,43+/m0/s1. The third-order valence-electron chi connectivity index (χ3n) is 13.6. The number of β-amino-alcohol motifs (C(OH)–C–C–N with tert-alkyl or cyclic N) is 1. The van der Waals surface area contributed by atoms with Crippen LogP contribution in [0, 0.1) is 16.7 Å². The summed E-state index contributed by atoms with van der Waals surface area (Å²) in [4.78, 5) is 55.8. The topological polar surface area (TPSA) is 209 Å². The Hall–Kier alpha value is -3.71. The quantitative estimate of drug-likeness (QED) is 0.152. The Kier molecular flexibility index (Phi) is 11.7. The van der Waals surface area contributed by atoms with Crippen LogP contribution in [0.2, 0.25) is 0 Å². The van der Waals surface area contributed by atoms with Gasteiger partial charge in [0.25, 0.3) is 0 Å². The molecule has 332 valence electrons. The van der Waals surface area contributed by atoms with E-state index in [9.17, 15) is 38.9 Å². The van der Waals surface area contributed by atoms with Crippen molar-refractivity contribution in [2.24, 2.45) is 16.7 Å². The molecule has 7 rings (SSSR count). The molecule has 0 aromatic heterocycles. The average Bonchev–Trinajstić information content (AvgIpc) is 3.56. The summed E-state index contributed by atoms with van der Waals surface area (Å²) in [5.41, 5.74) is -5.69. The first-order valence-corrected chi connectivity index (χ1v) is 20.7. The Morgan fingerprint density at radius 3 is 2.33 bits per heavy atom. The fourth-order valence-corrected chi connectivity index (χ4v) is 10.7. The lowest BCUT2D eigenvalue weighted by molar-refractivity contribution is -0.345. The van der Waals surface area contributed by atoms with Gasteiger partial charge in [0.15, 0.2) is 18.0 Å². The Balaban J connectivity index is 1.36. The van der Waals surface area contributed by atoms with Crippen molar-refractivity contribution in [1.82, 2.24) is 10.2 Å². The van der Waals surface area contributed by atoms with Gasteiger partial charge in [0.2, 0.25) is 0 Å². The number of benzene rings is 1. The van der Waals surface area contributed by atoms with E-state index >= 15 is 0 Å². The number of fused-ring (bicyclic) bond motifs is 8. The molecular weight excluding hydrogens is 787 g/mol. The average molecular weight is 847 g/mol. The molecule has 2 saturated carbocycles. The van der Waals surface area contributed by atoms with Crippen molar-refractivity contribution in [3.8, 4) is 0 Å². The number of alkyl halides is 1. The van der Waals surface area contributed by atoms with Gasteiger partial charge in [0.05, 0.1) is 36.3 Å². The molecule has 0 radical (unpaired) electrons. The van der Waals surface area contributed by atoms with Crippen molar-refractivity contribution in [2.45, 2.75) is 147 Å². The van der Waals surface area contributed by atoms with E-state index < -0.39 is 119 Å². The number of ether oxygens (including phenoxy) is 7. The minimum atomic E-state index is -2.20. The zero-order chi connectivity index (χ0) is 43.7. The summed E-state index contributed by atoms with van der Waals surface area (Å²) < 4.78 is 58.3. The van der Waals surface area contributed by atoms with Crippen LogP contribution in [0.5, 0.6) is 0 Å². The molecule has 5 fully saturated rings. The Labute approximate surface area is 349 Å². The number of alkyl carbamates (subject to hydrolysis) is 1. The van der Waals surface area contributed by atoms with Crippen LogP contribution in [0.15, 0.2) is 41.5 Å². The molecule has 6 aliphatic rings. The highest BCUT2D eigenvalue weighted by atomic mass is 19.1. The van der Waals surface area contributed by atoms with Crippen LogP contribution in [-0.2, 0) is 42.7 Å². The van der Waals surface area contributed by atoms with Gasteiger partial charge in [-0.3, -0.25) is 9.69 Å². The van der Waals surface area contributed by atoms with E-state index in [1.54, 1.807) is 71.9 Å². The number of nitrogens with one attached hydrogen (secondary N) is 1. The highest BCUT2D eigenvalue weighted by molar-refractivity contribution is 5.89. The van der Waals surface area contributed by atoms with E-state index in [1.807, 2.05) is 11.8 Å². The van der Waals surface area contributed by atoms with Gasteiger partial charge in [-0.2, -0.15) is 0 Å². The van der Waals surface area contributed by atoms with Crippen LogP contribution >= 0.6 is 0 Å². The first-order chi connectivity index (χ1) is 28.0. The molecule has 16 nitrogen and oxygen atoms in total. The zero-order valence-corrected chi connectivity index (χ0v) is 35.5. The molecule has 0 unspecified atom stereocenters. The number of nitrogens with zero attached hydrogens (tertiary/aromatic N) is 1. The second-order valence-corrected chi connectivity index (χ2v) is 19.1. The monoisotopic (exact) mass is 846 g/mol. The Bertz CT molecular complexity index is 1870. The number of carbonyl (C=O) groups is 4. The minimum absolute atomic E-state index is 0.0671. The molecular formula is C43H59FN2O14. The van der Waals surface area contributed by atoms with Gasteiger partial charge >= 0.3 is 24.0 Å². The van der Waals surface area contributed by atoms with Crippen LogP contribution in [-0.4, -0.2) is 149 Å². The number of aliphatic hydroxyl groups excluding tert-OH is 2. The molecule has 3 heterocycles. The first-order valence-electron chi connectivity index (χ1n) is 20.7. The number of likely N-dealkylation sites (tertiary alicyclic amines) is 1. The number of hydrogen-bond donors (Lipinski definition) is 4. The molecule has 1 amide bonds. The number of hydrogen-bond acceptors (Lipinski definition) is 15. The number of aliphatic hydroxyl groups is 3. The molecule has 3 aliphatic heterocycles. The molecule has 0 spiro atoms. The lowest BCUT2D eigenvalue weighted by atomic mass is 9.45. The summed E-state index contributed by atoms with van der Waals surface area (Å²) in [6.07, 6.45) is -9.22. The molecule has 60 heavy (non-hydrogen) atoms. The SMILES string of the molecule is CC(=O)O[C@@]12CO[C@@H]1CC[C@@]1(C)[C@@H]3O[C@H](CN4CC(O)C4)O[C@@H]3C3=C(C)[C@@H](OC(=O)[C@H](O)[C@H](CF)NC(=O)OC(C)(C)C)C[C@@](O)([C@@H](OC(=O)c4ccccc4)[C@@H]12)C3(C)C. The van der Waals surface area contributed by atoms with Crippen molar-refractivity contribution in [3.63, 3.8) is 0 Å². The number of esters is 3. The van der Waals surface area contributed by atoms with Crippen molar-refractivity contribution in [3.05, 3.63) is 47.0 Å². The smallest absolute Gasteiger partial charge is 0.408 e. The summed E-state index contributed by atoms with van der Waals surface area (Å²) in [5, 5.41) is 37.2. The number of rotatable bonds is 10. The zero-order valence-electron chi connectivity index (χ0n) is 35.5. The minimum Gasteiger partial charge on any atom is -0.456 e. The maximum Gasteiger partial charge on any atom is 0.408 e. The van der Waals surface area contributed by atoms with Crippen molar-refractivity contribution >= 4 is 24.0 Å². The molecule has 4 N–H and O–H groups in total. The van der Waals surface area contributed by atoms with Crippen LogP contribution in [0.4, 0.5) is 9.18 Å². The lowest BCUT2D eigenvalue weighted by Gasteiger charge is -2.68. The largest absolute Gasteiger partial charge is 0.456 e. The fourth-order valence-electron chi connectivity index (χ4n) is 10.7. The van der Waals surface area contributed by atoms with E-state index in [1.165, 1.54) is 6.92 Å². The highest BCUT2D eigenvalue weighted by Crippen LogP contribution is 2.66. The second kappa shape index (κ2) is 15.9. The van der Waals surface area contributed by atoms with E-state index in [4.69, 9.17) is 33.2 Å². The molecule has 3 aliphatic carbocycles. The van der Waals surface area contributed by atoms with Crippen LogP contribution < -0.4 is 5.32 Å². The van der Waals surface area contributed by atoms with E-state index in [0.717, 1.165) is 0 Å². The van der Waals surface area contributed by atoms with Crippen LogP contribution in [0.1, 0.15) is 85.0 Å². The maximum absolute atomic E-state index is 14.4. The molecule has 1 aromatic rings. The molecule has 17 heteroatoms. The Morgan fingerprint density at radius 2 is 1.75 bits per heavy atom. The fraction of sp³-hybridized carbons (Fsp3) is 0.721. The molecule has 2 bridgehead atoms. The summed E-state index contributed by atoms with van der Waals surface area (Å²) in [5.74, 6) is -3.66. The number of halogens is 1. The van der Waals surface area contributed by atoms with Gasteiger partial charge in [-0.05, 0) is 63.8 Å². The molecule has 1 aromatic carbocycles. The second-order valence-electron chi connectivity index (χ2n) is 19.1. The van der Waals surface area contributed by atoms with Gasteiger partial charge in [0.1, 0.15) is 42.3 Å². The van der Waals surface area contributed by atoms with Gasteiger partial charge in [-0.1, -0.05) is 39.0 Å². The van der Waals surface area contributed by atoms with Crippen molar-refractivity contribution in [2.75, 3.05) is 32.9 Å². The van der Waals surface area contributed by atoms with E-state index in [0.29, 0.717) is 43.6 Å². The summed E-state index contributed by atoms with van der Waals surface area (Å²) in [6.45, 7) is 13.1. The highest BCUT2D eigenvalue weighted by Gasteiger charge is 2.77. The van der Waals surface area contributed by atoms with Crippen LogP contribution in [0.25, 0.3) is 0 Å². The van der Waals surface area contributed by atoms with Gasteiger partial charge in [0, 0.05) is 43.8 Å². The van der Waals surface area contributed by atoms with E-state index in [-0.39, 0.29) is 18.6 Å². The van der Waals surface area contributed by atoms with Gasteiger partial charge in [-0.25, -0.2) is 18.8 Å². The van der Waals surface area contributed by atoms with Crippen LogP contribution in [0.3, 0.4) is 0 Å². The van der Waals surface area contributed by atoms with Gasteiger partial charge in [-0.15, -0.1) is 0 Å². The lowest BCUT2D eigenvalue weighted by Crippen LogP contribution is -2.79. The number of carbonyl (C=O) groups excluding carboxylic acids is 4.